The van der Waals surface area contributed by atoms with Gasteiger partial charge in [-0.15, -0.1) is 0 Å². The second-order valence-corrected chi connectivity index (χ2v) is 12.8. The first kappa shape index (κ1) is 28.3. The molecule has 0 aliphatic carbocycles. The van der Waals surface area contributed by atoms with Crippen molar-refractivity contribution in [2.75, 3.05) is 4.90 Å². The Labute approximate surface area is 291 Å². The maximum Gasteiger partial charge on any atom is 0.145 e. The first-order chi connectivity index (χ1) is 24.8. The summed E-state index contributed by atoms with van der Waals surface area (Å²) in [5.41, 5.74) is 14.9. The van der Waals surface area contributed by atoms with Crippen molar-refractivity contribution in [1.29, 1.82) is 0 Å². The number of hydrogen-bond acceptors (Lipinski definition) is 2. The minimum Gasteiger partial charge on any atom is -0.311 e. The highest BCUT2D eigenvalue weighted by atomic mass is 15.1. The van der Waals surface area contributed by atoms with Crippen molar-refractivity contribution in [1.82, 2.24) is 9.55 Å². The molecule has 0 fully saturated rings. The number of benzene rings is 8. The second-order valence-electron chi connectivity index (χ2n) is 12.8. The molecule has 8 aromatic carbocycles. The molecule has 50 heavy (non-hydrogen) atoms. The smallest absolute Gasteiger partial charge is 0.145 e. The quantitative estimate of drug-likeness (QED) is 0.187. The van der Waals surface area contributed by atoms with Gasteiger partial charge in [-0.3, -0.25) is 4.57 Å². The van der Waals surface area contributed by atoms with E-state index in [9.17, 15) is 0 Å². The highest BCUT2D eigenvalue weighted by Crippen LogP contribution is 2.45. The Morgan fingerprint density at radius 1 is 0.380 bits per heavy atom. The van der Waals surface area contributed by atoms with Crippen LogP contribution in [-0.2, 0) is 0 Å². The summed E-state index contributed by atoms with van der Waals surface area (Å²) in [5, 5.41) is 2.50. The van der Waals surface area contributed by atoms with Crippen LogP contribution in [-0.4, -0.2) is 9.55 Å². The Morgan fingerprint density at radius 2 is 0.940 bits per heavy atom. The molecule has 1 aromatic heterocycles. The van der Waals surface area contributed by atoms with Gasteiger partial charge in [0.15, 0.2) is 0 Å². The summed E-state index contributed by atoms with van der Waals surface area (Å²) < 4.78 is 2.36. The first-order valence-corrected chi connectivity index (χ1v) is 17.1. The second kappa shape index (κ2) is 11.5. The van der Waals surface area contributed by atoms with Gasteiger partial charge in [-0.05, 0) is 99.8 Å². The van der Waals surface area contributed by atoms with Crippen LogP contribution in [0, 0.1) is 0 Å². The lowest BCUT2D eigenvalue weighted by Gasteiger charge is -2.26. The molecule has 3 heteroatoms. The van der Waals surface area contributed by atoms with Crippen LogP contribution in [0.3, 0.4) is 0 Å². The molecule has 0 bridgehead atoms. The molecule has 0 amide bonds. The van der Waals surface area contributed by atoms with Gasteiger partial charge in [0.05, 0.1) is 16.7 Å². The van der Waals surface area contributed by atoms with E-state index in [0.717, 1.165) is 45.2 Å². The molecule has 0 atom stereocenters. The van der Waals surface area contributed by atoms with Gasteiger partial charge in [-0.2, -0.15) is 0 Å². The van der Waals surface area contributed by atoms with Crippen molar-refractivity contribution in [3.8, 4) is 50.5 Å². The maximum absolute atomic E-state index is 5.27. The number of rotatable bonds is 5. The van der Waals surface area contributed by atoms with Gasteiger partial charge in [0, 0.05) is 33.8 Å². The van der Waals surface area contributed by atoms with Gasteiger partial charge >= 0.3 is 0 Å². The molecule has 1 aliphatic rings. The molecule has 0 saturated heterocycles. The summed E-state index contributed by atoms with van der Waals surface area (Å²) >= 11 is 0. The number of fused-ring (bicyclic) bond motifs is 6. The Bertz CT molecular complexity index is 2690. The third kappa shape index (κ3) is 4.56. The van der Waals surface area contributed by atoms with E-state index < -0.39 is 0 Å². The zero-order valence-electron chi connectivity index (χ0n) is 27.2. The van der Waals surface area contributed by atoms with Crippen LogP contribution in [0.25, 0.3) is 72.3 Å². The highest BCUT2D eigenvalue weighted by Gasteiger charge is 2.25. The molecule has 3 nitrogen and oxygen atoms in total. The van der Waals surface area contributed by atoms with Crippen molar-refractivity contribution in [3.63, 3.8) is 0 Å². The fourth-order valence-corrected chi connectivity index (χ4v) is 7.58. The molecule has 10 rings (SSSR count). The van der Waals surface area contributed by atoms with Crippen LogP contribution >= 0.6 is 0 Å². The SMILES string of the molecule is c1ccc(N(c2ccc(-c3ccc4ccccc4c3)cc2)c2ccc(-c3nc4cccc5c4n3-c3ccccc3-c3ccccc3-5)cc2)cc1. The Hall–Kier alpha value is -6.71. The average molecular weight is 638 g/mol. The number of hydrogen-bond donors (Lipinski definition) is 0. The third-order valence-electron chi connectivity index (χ3n) is 9.94. The largest absolute Gasteiger partial charge is 0.311 e. The minimum atomic E-state index is 0.935. The van der Waals surface area contributed by atoms with E-state index in [2.05, 4.69) is 198 Å². The standard InChI is InChI=1S/C47H31N3/c1-2-13-37(14-3-1)49(38-27-23-33(24-28-38)36-22-21-32-11-4-5-12-35(32)31-36)39-29-25-34(26-30-39)47-48-44-19-10-18-43-41-16-7-6-15-40(41)42-17-8-9-20-45(42)50(47)46(43)44/h1-31H. The van der Waals surface area contributed by atoms with Crippen LogP contribution < -0.4 is 4.90 Å². The number of para-hydroxylation sites is 3. The van der Waals surface area contributed by atoms with Gasteiger partial charge < -0.3 is 4.90 Å². The van der Waals surface area contributed by atoms with Crippen molar-refractivity contribution in [2.24, 2.45) is 0 Å². The average Bonchev–Trinajstić information content (AvgIpc) is 3.53. The topological polar surface area (TPSA) is 21.1 Å². The van der Waals surface area contributed by atoms with Crippen LogP contribution in [0.1, 0.15) is 0 Å². The van der Waals surface area contributed by atoms with Crippen LogP contribution in [0.2, 0.25) is 0 Å². The molecule has 0 N–H and O–H groups in total. The highest BCUT2D eigenvalue weighted by molar-refractivity contribution is 6.03. The lowest BCUT2D eigenvalue weighted by Crippen LogP contribution is -2.09. The number of nitrogens with zero attached hydrogens (tertiary/aromatic N) is 3. The van der Waals surface area contributed by atoms with Crippen LogP contribution in [0.5, 0.6) is 0 Å². The minimum absolute atomic E-state index is 0.935. The normalized spacial score (nSPS) is 11.6. The molecule has 0 saturated carbocycles. The van der Waals surface area contributed by atoms with Gasteiger partial charge in [-0.25, -0.2) is 4.98 Å². The van der Waals surface area contributed by atoms with E-state index in [1.54, 1.807) is 0 Å². The van der Waals surface area contributed by atoms with Crippen molar-refractivity contribution in [3.05, 3.63) is 188 Å². The van der Waals surface area contributed by atoms with E-state index in [1.165, 1.54) is 44.2 Å². The summed E-state index contributed by atoms with van der Waals surface area (Å²) in [7, 11) is 0. The van der Waals surface area contributed by atoms with Crippen molar-refractivity contribution in [2.45, 2.75) is 0 Å². The van der Waals surface area contributed by atoms with Gasteiger partial charge in [0.2, 0.25) is 0 Å². The molecular formula is C47H31N3. The lowest BCUT2D eigenvalue weighted by atomic mass is 9.94. The van der Waals surface area contributed by atoms with E-state index in [0.29, 0.717) is 0 Å². The zero-order chi connectivity index (χ0) is 33.0. The fraction of sp³-hybridized carbons (Fsp3) is 0. The molecule has 0 spiro atoms. The van der Waals surface area contributed by atoms with E-state index in [1.807, 2.05) is 0 Å². The predicted octanol–water partition coefficient (Wildman–Crippen LogP) is 12.6. The molecule has 0 radical (unpaired) electrons. The fourth-order valence-electron chi connectivity index (χ4n) is 7.58. The third-order valence-corrected chi connectivity index (χ3v) is 9.94. The summed E-state index contributed by atoms with van der Waals surface area (Å²) in [5.74, 6) is 0.935. The van der Waals surface area contributed by atoms with Gasteiger partial charge in [-0.1, -0.05) is 121 Å². The lowest BCUT2D eigenvalue weighted by molar-refractivity contribution is 1.11. The van der Waals surface area contributed by atoms with Crippen molar-refractivity contribution < 1.29 is 0 Å². The van der Waals surface area contributed by atoms with Crippen LogP contribution in [0.4, 0.5) is 17.1 Å². The number of imidazole rings is 1. The van der Waals surface area contributed by atoms with E-state index in [4.69, 9.17) is 4.98 Å². The molecule has 234 valence electrons. The monoisotopic (exact) mass is 637 g/mol. The maximum atomic E-state index is 5.27. The van der Waals surface area contributed by atoms with Gasteiger partial charge in [0.1, 0.15) is 5.82 Å². The molecule has 9 aromatic rings. The van der Waals surface area contributed by atoms with E-state index in [-0.39, 0.29) is 0 Å². The summed E-state index contributed by atoms with van der Waals surface area (Å²) in [6.07, 6.45) is 0. The molecule has 0 unspecified atom stereocenters. The summed E-state index contributed by atoms with van der Waals surface area (Å²) in [4.78, 5) is 7.58. The molecule has 2 heterocycles. The van der Waals surface area contributed by atoms with Gasteiger partial charge in [0.25, 0.3) is 0 Å². The summed E-state index contributed by atoms with van der Waals surface area (Å²) in [6.45, 7) is 0. The Kier molecular flexibility index (Phi) is 6.49. The Balaban J connectivity index is 1.07. The molecular weight excluding hydrogens is 607 g/mol. The number of anilines is 3. The van der Waals surface area contributed by atoms with Crippen LogP contribution in [0.15, 0.2) is 188 Å². The summed E-state index contributed by atoms with van der Waals surface area (Å²) in [6, 6.07) is 67.4. The molecule has 1 aliphatic heterocycles. The van der Waals surface area contributed by atoms with E-state index >= 15 is 0 Å². The first-order valence-electron chi connectivity index (χ1n) is 17.1. The predicted molar refractivity (Wildman–Crippen MR) is 209 cm³/mol. The zero-order valence-corrected chi connectivity index (χ0v) is 27.2. The number of aromatic nitrogens is 2. The Morgan fingerprint density at radius 3 is 1.70 bits per heavy atom. The van der Waals surface area contributed by atoms with Crippen molar-refractivity contribution >= 4 is 38.9 Å².